The lowest BCUT2D eigenvalue weighted by Gasteiger charge is -2.14. The van der Waals surface area contributed by atoms with Crippen LogP contribution >= 0.6 is 0 Å². The van der Waals surface area contributed by atoms with Gasteiger partial charge in [0.2, 0.25) is 0 Å². The van der Waals surface area contributed by atoms with Crippen LogP contribution in [0.5, 0.6) is 0 Å². The van der Waals surface area contributed by atoms with E-state index in [4.69, 9.17) is 0 Å². The van der Waals surface area contributed by atoms with Crippen molar-refractivity contribution in [2.45, 2.75) is 130 Å². The number of rotatable bonds is 17. The molecule has 0 rings (SSSR count). The van der Waals surface area contributed by atoms with Crippen molar-refractivity contribution in [1.29, 1.82) is 0 Å². The van der Waals surface area contributed by atoms with Gasteiger partial charge in [-0.05, 0) is 11.8 Å². The summed E-state index contributed by atoms with van der Waals surface area (Å²) in [4.78, 5) is 0. The molecule has 0 saturated heterocycles. The van der Waals surface area contributed by atoms with Gasteiger partial charge in [0.05, 0.1) is 0 Å². The van der Waals surface area contributed by atoms with Gasteiger partial charge in [0.25, 0.3) is 0 Å². The fourth-order valence-electron chi connectivity index (χ4n) is 3.66. The SMILES string of the molecule is CCCCC(CC)CCCCCCCCC(CC)CCCC. The van der Waals surface area contributed by atoms with Gasteiger partial charge in [-0.15, -0.1) is 0 Å². The van der Waals surface area contributed by atoms with E-state index in [1.54, 1.807) is 0 Å². The minimum Gasteiger partial charge on any atom is -0.0654 e. The minimum atomic E-state index is 1.02. The molecule has 0 amide bonds. The average molecular weight is 311 g/mol. The second kappa shape index (κ2) is 17.4. The van der Waals surface area contributed by atoms with Crippen molar-refractivity contribution in [2.24, 2.45) is 11.8 Å². The number of hydrogen-bond donors (Lipinski definition) is 0. The lowest BCUT2D eigenvalue weighted by atomic mass is 9.92. The minimum absolute atomic E-state index is 1.02. The quantitative estimate of drug-likeness (QED) is 0.236. The van der Waals surface area contributed by atoms with E-state index in [0.29, 0.717) is 0 Å². The van der Waals surface area contributed by atoms with E-state index in [1.165, 1.54) is 103 Å². The third kappa shape index (κ3) is 13.6. The van der Waals surface area contributed by atoms with Crippen LogP contribution in [-0.2, 0) is 0 Å². The van der Waals surface area contributed by atoms with Gasteiger partial charge >= 0.3 is 0 Å². The number of unbranched alkanes of at least 4 members (excludes halogenated alkanes) is 7. The molecule has 0 heteroatoms. The normalized spacial score (nSPS) is 14.2. The monoisotopic (exact) mass is 310 g/mol. The van der Waals surface area contributed by atoms with Crippen LogP contribution < -0.4 is 0 Å². The second-order valence-electron chi connectivity index (χ2n) is 7.53. The molecular formula is C22H46. The Labute approximate surface area is 142 Å². The molecule has 0 nitrogen and oxygen atoms in total. The highest BCUT2D eigenvalue weighted by molar-refractivity contribution is 4.60. The van der Waals surface area contributed by atoms with Crippen molar-refractivity contribution in [2.75, 3.05) is 0 Å². The lowest BCUT2D eigenvalue weighted by molar-refractivity contribution is 0.390. The summed E-state index contributed by atoms with van der Waals surface area (Å²) in [6.07, 6.45) is 23.2. The van der Waals surface area contributed by atoms with Crippen molar-refractivity contribution in [3.8, 4) is 0 Å². The standard InChI is InChI=1S/C22H46/c1-5-9-17-21(7-3)19-15-13-11-12-14-16-20-22(8-4)18-10-6-2/h21-22H,5-20H2,1-4H3. The van der Waals surface area contributed by atoms with Crippen LogP contribution in [0.2, 0.25) is 0 Å². The van der Waals surface area contributed by atoms with Crippen molar-refractivity contribution >= 4 is 0 Å². The molecule has 0 N–H and O–H groups in total. The molecule has 0 aromatic carbocycles. The first-order chi connectivity index (χ1) is 10.8. The zero-order valence-corrected chi connectivity index (χ0v) is 16.5. The topological polar surface area (TPSA) is 0 Å². The van der Waals surface area contributed by atoms with E-state index >= 15 is 0 Å². The first-order valence-corrected chi connectivity index (χ1v) is 10.8. The first kappa shape index (κ1) is 22.0. The van der Waals surface area contributed by atoms with Crippen LogP contribution in [-0.4, -0.2) is 0 Å². The Morgan fingerprint density at radius 3 is 1.05 bits per heavy atom. The van der Waals surface area contributed by atoms with Gasteiger partial charge in [0.1, 0.15) is 0 Å². The van der Waals surface area contributed by atoms with E-state index < -0.39 is 0 Å². The molecule has 0 aromatic heterocycles. The Kier molecular flexibility index (Phi) is 17.4. The second-order valence-corrected chi connectivity index (χ2v) is 7.53. The molecule has 0 bridgehead atoms. The molecule has 2 unspecified atom stereocenters. The van der Waals surface area contributed by atoms with Crippen molar-refractivity contribution in [3.05, 3.63) is 0 Å². The van der Waals surface area contributed by atoms with Crippen molar-refractivity contribution in [3.63, 3.8) is 0 Å². The van der Waals surface area contributed by atoms with Crippen molar-refractivity contribution in [1.82, 2.24) is 0 Å². The van der Waals surface area contributed by atoms with Crippen LogP contribution in [0.25, 0.3) is 0 Å². The zero-order valence-electron chi connectivity index (χ0n) is 16.5. The van der Waals surface area contributed by atoms with Gasteiger partial charge in [-0.25, -0.2) is 0 Å². The molecule has 22 heavy (non-hydrogen) atoms. The third-order valence-corrected chi connectivity index (χ3v) is 5.56. The molecule has 0 aliphatic carbocycles. The maximum Gasteiger partial charge on any atom is -0.0417 e. The maximum absolute atomic E-state index is 2.38. The Hall–Kier alpha value is 0. The summed E-state index contributed by atoms with van der Waals surface area (Å²) in [5.74, 6) is 2.03. The zero-order chi connectivity index (χ0) is 16.5. The highest BCUT2D eigenvalue weighted by Gasteiger charge is 2.06. The van der Waals surface area contributed by atoms with Crippen LogP contribution in [0.3, 0.4) is 0 Å². The van der Waals surface area contributed by atoms with Crippen LogP contribution in [0.15, 0.2) is 0 Å². The number of hydrogen-bond acceptors (Lipinski definition) is 0. The van der Waals surface area contributed by atoms with Gasteiger partial charge in [0.15, 0.2) is 0 Å². The van der Waals surface area contributed by atoms with E-state index in [2.05, 4.69) is 27.7 Å². The summed E-state index contributed by atoms with van der Waals surface area (Å²) in [5, 5.41) is 0. The Morgan fingerprint density at radius 1 is 0.409 bits per heavy atom. The van der Waals surface area contributed by atoms with Crippen LogP contribution in [0.1, 0.15) is 130 Å². The molecule has 0 fully saturated rings. The van der Waals surface area contributed by atoms with Gasteiger partial charge < -0.3 is 0 Å². The smallest absolute Gasteiger partial charge is 0.0417 e. The summed E-state index contributed by atoms with van der Waals surface area (Å²) in [6, 6.07) is 0. The Morgan fingerprint density at radius 2 is 0.727 bits per heavy atom. The molecular weight excluding hydrogens is 264 g/mol. The molecule has 0 aliphatic rings. The van der Waals surface area contributed by atoms with Gasteiger partial charge in [-0.2, -0.15) is 0 Å². The summed E-state index contributed by atoms with van der Waals surface area (Å²) in [6.45, 7) is 9.39. The Balaban J connectivity index is 3.38. The summed E-state index contributed by atoms with van der Waals surface area (Å²) >= 11 is 0. The molecule has 0 radical (unpaired) electrons. The van der Waals surface area contributed by atoms with Crippen LogP contribution in [0.4, 0.5) is 0 Å². The summed E-state index contributed by atoms with van der Waals surface area (Å²) in [7, 11) is 0. The molecule has 0 aromatic rings. The highest BCUT2D eigenvalue weighted by Crippen LogP contribution is 2.22. The average Bonchev–Trinajstić information content (AvgIpc) is 2.55. The molecule has 2 atom stereocenters. The lowest BCUT2D eigenvalue weighted by Crippen LogP contribution is -1.99. The van der Waals surface area contributed by atoms with E-state index in [0.717, 1.165) is 11.8 Å². The largest absolute Gasteiger partial charge is 0.0654 e. The highest BCUT2D eigenvalue weighted by atomic mass is 14.1. The summed E-state index contributed by atoms with van der Waals surface area (Å²) < 4.78 is 0. The van der Waals surface area contributed by atoms with Gasteiger partial charge in [-0.3, -0.25) is 0 Å². The molecule has 134 valence electrons. The van der Waals surface area contributed by atoms with Crippen LogP contribution in [0, 0.1) is 11.8 Å². The van der Waals surface area contributed by atoms with Gasteiger partial charge in [-0.1, -0.05) is 130 Å². The maximum atomic E-state index is 2.38. The predicted molar refractivity (Wildman–Crippen MR) is 104 cm³/mol. The van der Waals surface area contributed by atoms with E-state index in [-0.39, 0.29) is 0 Å². The Bertz CT molecular complexity index is 174. The predicted octanol–water partition coefficient (Wildman–Crippen LogP) is 8.54. The first-order valence-electron chi connectivity index (χ1n) is 10.8. The van der Waals surface area contributed by atoms with E-state index in [9.17, 15) is 0 Å². The fourth-order valence-corrected chi connectivity index (χ4v) is 3.66. The fraction of sp³-hybridized carbons (Fsp3) is 1.00. The molecule has 0 aliphatic heterocycles. The third-order valence-electron chi connectivity index (χ3n) is 5.56. The molecule has 0 saturated carbocycles. The van der Waals surface area contributed by atoms with Crippen molar-refractivity contribution < 1.29 is 0 Å². The summed E-state index contributed by atoms with van der Waals surface area (Å²) in [5.41, 5.74) is 0. The molecule has 0 spiro atoms. The molecule has 0 heterocycles. The van der Waals surface area contributed by atoms with E-state index in [1.807, 2.05) is 0 Å². The van der Waals surface area contributed by atoms with Gasteiger partial charge in [0, 0.05) is 0 Å².